The molecule has 3 N–H and O–H groups in total. The van der Waals surface area contributed by atoms with Crippen molar-refractivity contribution in [2.45, 2.75) is 6.54 Å². The summed E-state index contributed by atoms with van der Waals surface area (Å²) in [6.45, 7) is 0.547. The minimum Gasteiger partial charge on any atom is -0.497 e. The molecular formula is C15H16N2O2. The molecule has 19 heavy (non-hydrogen) atoms. The number of benzene rings is 2. The molecule has 0 aromatic heterocycles. The van der Waals surface area contributed by atoms with E-state index in [0.29, 0.717) is 12.1 Å². The molecule has 0 fully saturated rings. The van der Waals surface area contributed by atoms with Crippen LogP contribution < -0.4 is 15.8 Å². The van der Waals surface area contributed by atoms with Gasteiger partial charge >= 0.3 is 0 Å². The molecule has 2 aromatic rings. The number of rotatable bonds is 5. The van der Waals surface area contributed by atoms with Crippen molar-refractivity contribution in [3.05, 3.63) is 59.7 Å². The summed E-state index contributed by atoms with van der Waals surface area (Å²) >= 11 is 0. The lowest BCUT2D eigenvalue weighted by molar-refractivity contribution is 0.0999. The molecule has 0 bridgehead atoms. The summed E-state index contributed by atoms with van der Waals surface area (Å²) in [6, 6.07) is 14.9. The monoisotopic (exact) mass is 256 g/mol. The third-order valence-corrected chi connectivity index (χ3v) is 2.86. The first-order valence-electron chi connectivity index (χ1n) is 5.96. The number of nitrogens with two attached hydrogens (primary N) is 1. The maximum Gasteiger partial charge on any atom is 0.249 e. The molecule has 4 nitrogen and oxygen atoms in total. The van der Waals surface area contributed by atoms with E-state index >= 15 is 0 Å². The number of ether oxygens (including phenoxy) is 1. The fraction of sp³-hybridized carbons (Fsp3) is 0.133. The Morgan fingerprint density at radius 3 is 2.47 bits per heavy atom. The van der Waals surface area contributed by atoms with Crippen molar-refractivity contribution >= 4 is 11.6 Å². The zero-order valence-electron chi connectivity index (χ0n) is 10.7. The number of amides is 1. The van der Waals surface area contributed by atoms with Gasteiger partial charge in [-0.1, -0.05) is 18.2 Å². The Morgan fingerprint density at radius 2 is 1.84 bits per heavy atom. The highest BCUT2D eigenvalue weighted by Gasteiger charge is 2.06. The lowest BCUT2D eigenvalue weighted by atomic mass is 10.1. The molecule has 0 aliphatic rings. The van der Waals surface area contributed by atoms with Gasteiger partial charge in [-0.25, -0.2) is 0 Å². The Kier molecular flexibility index (Phi) is 4.03. The largest absolute Gasteiger partial charge is 0.497 e. The van der Waals surface area contributed by atoms with Gasteiger partial charge in [0.15, 0.2) is 0 Å². The first-order valence-corrected chi connectivity index (χ1v) is 5.96. The summed E-state index contributed by atoms with van der Waals surface area (Å²) in [5.74, 6) is 0.398. The van der Waals surface area contributed by atoms with Crippen molar-refractivity contribution in [1.82, 2.24) is 0 Å². The Hall–Kier alpha value is -2.49. The third kappa shape index (κ3) is 3.25. The quantitative estimate of drug-likeness (QED) is 0.863. The van der Waals surface area contributed by atoms with E-state index < -0.39 is 5.91 Å². The summed E-state index contributed by atoms with van der Waals surface area (Å²) < 4.78 is 5.09. The van der Waals surface area contributed by atoms with Crippen molar-refractivity contribution in [1.29, 1.82) is 0 Å². The van der Waals surface area contributed by atoms with E-state index in [9.17, 15) is 4.79 Å². The number of hydrogen-bond acceptors (Lipinski definition) is 3. The SMILES string of the molecule is COc1ccc(NCc2ccccc2C(N)=O)cc1. The average molecular weight is 256 g/mol. The van der Waals surface area contributed by atoms with Crippen molar-refractivity contribution in [2.24, 2.45) is 5.73 Å². The van der Waals surface area contributed by atoms with Gasteiger partial charge in [0.05, 0.1) is 7.11 Å². The zero-order chi connectivity index (χ0) is 13.7. The molecule has 0 spiro atoms. The minimum absolute atomic E-state index is 0.410. The lowest BCUT2D eigenvalue weighted by Gasteiger charge is -2.10. The van der Waals surface area contributed by atoms with Crippen LogP contribution in [-0.2, 0) is 6.54 Å². The van der Waals surface area contributed by atoms with Crippen LogP contribution in [0.4, 0.5) is 5.69 Å². The molecule has 0 saturated heterocycles. The highest BCUT2D eigenvalue weighted by Crippen LogP contribution is 2.16. The summed E-state index contributed by atoms with van der Waals surface area (Å²) in [7, 11) is 1.63. The van der Waals surface area contributed by atoms with Crippen molar-refractivity contribution in [3.63, 3.8) is 0 Å². The number of methoxy groups -OCH3 is 1. The molecule has 0 aliphatic heterocycles. The standard InChI is InChI=1S/C15H16N2O2/c1-19-13-8-6-12(7-9-13)17-10-11-4-2-3-5-14(11)15(16)18/h2-9,17H,10H2,1H3,(H2,16,18). The van der Waals surface area contributed by atoms with Crippen LogP contribution in [0.5, 0.6) is 5.75 Å². The first-order chi connectivity index (χ1) is 9.20. The molecule has 0 aliphatic carbocycles. The summed E-state index contributed by atoms with van der Waals surface area (Å²) in [5.41, 5.74) is 7.72. The third-order valence-electron chi connectivity index (χ3n) is 2.86. The van der Waals surface area contributed by atoms with Crippen LogP contribution in [-0.4, -0.2) is 13.0 Å². The van der Waals surface area contributed by atoms with Gasteiger partial charge in [-0.15, -0.1) is 0 Å². The number of carbonyl (C=O) groups excluding carboxylic acids is 1. The van der Waals surface area contributed by atoms with Crippen molar-refractivity contribution < 1.29 is 9.53 Å². The minimum atomic E-state index is -0.410. The van der Waals surface area contributed by atoms with E-state index in [0.717, 1.165) is 17.0 Å². The highest BCUT2D eigenvalue weighted by atomic mass is 16.5. The fourth-order valence-corrected chi connectivity index (χ4v) is 1.82. The Bertz CT molecular complexity index is 565. The van der Waals surface area contributed by atoms with Gasteiger partial charge in [-0.05, 0) is 35.9 Å². The van der Waals surface area contributed by atoms with Gasteiger partial charge in [0.2, 0.25) is 5.91 Å². The second kappa shape index (κ2) is 5.91. The molecule has 0 heterocycles. The van der Waals surface area contributed by atoms with E-state index in [1.54, 1.807) is 19.2 Å². The second-order valence-electron chi connectivity index (χ2n) is 4.10. The molecule has 0 saturated carbocycles. The number of carbonyl (C=O) groups is 1. The first kappa shape index (κ1) is 13.0. The molecule has 2 rings (SSSR count). The molecule has 0 unspecified atom stereocenters. The maximum absolute atomic E-state index is 11.3. The predicted octanol–water partition coefficient (Wildman–Crippen LogP) is 2.41. The molecule has 4 heteroatoms. The van der Waals surface area contributed by atoms with Crippen LogP contribution >= 0.6 is 0 Å². The Labute approximate surface area is 112 Å². The van der Waals surface area contributed by atoms with E-state index in [4.69, 9.17) is 10.5 Å². The van der Waals surface area contributed by atoms with Crippen LogP contribution in [0.15, 0.2) is 48.5 Å². The molecule has 98 valence electrons. The van der Waals surface area contributed by atoms with Crippen molar-refractivity contribution in [2.75, 3.05) is 12.4 Å². The van der Waals surface area contributed by atoms with E-state index in [1.807, 2.05) is 36.4 Å². The van der Waals surface area contributed by atoms with Gasteiger partial charge in [0, 0.05) is 17.8 Å². The lowest BCUT2D eigenvalue weighted by Crippen LogP contribution is -2.15. The summed E-state index contributed by atoms with van der Waals surface area (Å²) in [6.07, 6.45) is 0. The van der Waals surface area contributed by atoms with Gasteiger partial charge in [-0.3, -0.25) is 4.79 Å². The zero-order valence-corrected chi connectivity index (χ0v) is 10.7. The predicted molar refractivity (Wildman–Crippen MR) is 75.3 cm³/mol. The van der Waals surface area contributed by atoms with Gasteiger partial charge in [-0.2, -0.15) is 0 Å². The Morgan fingerprint density at radius 1 is 1.16 bits per heavy atom. The normalized spacial score (nSPS) is 9.95. The van der Waals surface area contributed by atoms with Crippen LogP contribution in [0.25, 0.3) is 0 Å². The van der Waals surface area contributed by atoms with Crippen LogP contribution in [0.1, 0.15) is 15.9 Å². The van der Waals surface area contributed by atoms with E-state index in [2.05, 4.69) is 5.32 Å². The number of hydrogen-bond donors (Lipinski definition) is 2. The second-order valence-corrected chi connectivity index (χ2v) is 4.10. The van der Waals surface area contributed by atoms with Gasteiger partial charge in [0.25, 0.3) is 0 Å². The van der Waals surface area contributed by atoms with Crippen LogP contribution in [0.3, 0.4) is 0 Å². The van der Waals surface area contributed by atoms with E-state index in [1.165, 1.54) is 0 Å². The highest BCUT2D eigenvalue weighted by molar-refractivity contribution is 5.94. The molecule has 0 atom stereocenters. The molecular weight excluding hydrogens is 240 g/mol. The molecule has 2 aromatic carbocycles. The van der Waals surface area contributed by atoms with E-state index in [-0.39, 0.29) is 0 Å². The van der Waals surface area contributed by atoms with Crippen LogP contribution in [0.2, 0.25) is 0 Å². The molecule has 1 amide bonds. The average Bonchev–Trinajstić information content (AvgIpc) is 2.46. The number of anilines is 1. The Balaban J connectivity index is 2.07. The van der Waals surface area contributed by atoms with Gasteiger partial charge in [0.1, 0.15) is 5.75 Å². The van der Waals surface area contributed by atoms with Crippen molar-refractivity contribution in [3.8, 4) is 5.75 Å². The maximum atomic E-state index is 11.3. The summed E-state index contributed by atoms with van der Waals surface area (Å²) in [5, 5.41) is 3.24. The fourth-order valence-electron chi connectivity index (χ4n) is 1.82. The van der Waals surface area contributed by atoms with Crippen LogP contribution in [0, 0.1) is 0 Å². The summed E-state index contributed by atoms with van der Waals surface area (Å²) in [4.78, 5) is 11.3. The smallest absolute Gasteiger partial charge is 0.249 e. The molecule has 0 radical (unpaired) electrons. The number of primary amides is 1. The number of nitrogens with one attached hydrogen (secondary N) is 1. The topological polar surface area (TPSA) is 64.3 Å². The van der Waals surface area contributed by atoms with Gasteiger partial charge < -0.3 is 15.8 Å².